The molecule has 1 amide bonds. The van der Waals surface area contributed by atoms with E-state index in [9.17, 15) is 13.2 Å². The van der Waals surface area contributed by atoms with E-state index in [1.165, 1.54) is 0 Å². The average Bonchev–Trinajstić information content (AvgIpc) is 2.46. The van der Waals surface area contributed by atoms with Gasteiger partial charge in [-0.25, -0.2) is 13.1 Å². The van der Waals surface area contributed by atoms with Gasteiger partial charge in [0.1, 0.15) is 0 Å². The third-order valence-corrected chi connectivity index (χ3v) is 4.20. The van der Waals surface area contributed by atoms with Crippen molar-refractivity contribution in [3.63, 3.8) is 0 Å². The summed E-state index contributed by atoms with van der Waals surface area (Å²) in [6, 6.07) is 7.06. The van der Waals surface area contributed by atoms with Crippen molar-refractivity contribution in [1.82, 2.24) is 10.0 Å². The minimum Gasteiger partial charge on any atom is -0.352 e. The molecule has 0 spiro atoms. The van der Waals surface area contributed by atoms with E-state index in [1.54, 1.807) is 19.1 Å². The molecule has 0 aliphatic heterocycles. The van der Waals surface area contributed by atoms with Gasteiger partial charge in [-0.15, -0.1) is 0 Å². The number of rotatable bonds is 8. The first-order chi connectivity index (χ1) is 9.48. The Morgan fingerprint density at radius 3 is 2.40 bits per heavy atom. The number of amides is 1. The minimum absolute atomic E-state index is 0.0624. The molecule has 0 fully saturated rings. The van der Waals surface area contributed by atoms with Crippen LogP contribution in [-0.4, -0.2) is 33.2 Å². The molecule has 0 saturated heterocycles. The largest absolute Gasteiger partial charge is 0.352 e. The van der Waals surface area contributed by atoms with Gasteiger partial charge in [0.05, 0.1) is 5.75 Å². The summed E-state index contributed by atoms with van der Waals surface area (Å²) in [5.41, 5.74) is 7.01. The molecule has 4 N–H and O–H groups in total. The first-order valence-corrected chi connectivity index (χ1v) is 8.18. The maximum absolute atomic E-state index is 11.8. The van der Waals surface area contributed by atoms with Crippen molar-refractivity contribution in [2.75, 3.05) is 18.8 Å². The van der Waals surface area contributed by atoms with Crippen LogP contribution in [0.3, 0.4) is 0 Å². The lowest BCUT2D eigenvalue weighted by atomic mass is 10.1. The fourth-order valence-electron chi connectivity index (χ4n) is 1.51. The third kappa shape index (κ3) is 5.68. The van der Waals surface area contributed by atoms with E-state index in [4.69, 9.17) is 5.73 Å². The zero-order valence-electron chi connectivity index (χ0n) is 11.6. The van der Waals surface area contributed by atoms with Gasteiger partial charge in [0.2, 0.25) is 10.0 Å². The maximum atomic E-state index is 11.8. The van der Waals surface area contributed by atoms with Gasteiger partial charge in [0.25, 0.3) is 5.91 Å². The number of benzene rings is 1. The molecule has 1 aromatic carbocycles. The van der Waals surface area contributed by atoms with Crippen LogP contribution in [0.2, 0.25) is 0 Å². The Bertz CT molecular complexity index is 526. The Hall–Kier alpha value is -1.44. The molecule has 0 bridgehead atoms. The molecule has 6 nitrogen and oxygen atoms in total. The highest BCUT2D eigenvalue weighted by atomic mass is 32.2. The summed E-state index contributed by atoms with van der Waals surface area (Å²) in [5, 5.41) is 2.74. The zero-order chi connectivity index (χ0) is 15.0. The molecule has 1 aromatic rings. The Morgan fingerprint density at radius 2 is 1.85 bits per heavy atom. The number of sulfonamides is 1. The highest BCUT2D eigenvalue weighted by molar-refractivity contribution is 7.89. The van der Waals surface area contributed by atoms with Crippen LogP contribution < -0.4 is 15.8 Å². The lowest BCUT2D eigenvalue weighted by molar-refractivity contribution is 0.0953. The van der Waals surface area contributed by atoms with Gasteiger partial charge in [-0.3, -0.25) is 4.79 Å². The molecule has 0 heterocycles. The molecule has 0 aliphatic carbocycles. The van der Waals surface area contributed by atoms with Crippen molar-refractivity contribution in [2.24, 2.45) is 5.73 Å². The van der Waals surface area contributed by atoms with Crippen LogP contribution in [-0.2, 0) is 16.6 Å². The highest BCUT2D eigenvalue weighted by Crippen LogP contribution is 2.03. The predicted octanol–water partition coefficient (Wildman–Crippen LogP) is 0.205. The van der Waals surface area contributed by atoms with Gasteiger partial charge in [-0.05, 0) is 31.0 Å². The summed E-state index contributed by atoms with van der Waals surface area (Å²) in [4.78, 5) is 11.8. The van der Waals surface area contributed by atoms with Crippen molar-refractivity contribution in [1.29, 1.82) is 0 Å². The first kappa shape index (κ1) is 16.6. The van der Waals surface area contributed by atoms with Gasteiger partial charge < -0.3 is 11.1 Å². The van der Waals surface area contributed by atoms with Crippen LogP contribution in [0.15, 0.2) is 24.3 Å². The monoisotopic (exact) mass is 299 g/mol. The Labute approximate surface area is 119 Å². The summed E-state index contributed by atoms with van der Waals surface area (Å²) >= 11 is 0. The Kier molecular flexibility index (Phi) is 6.63. The van der Waals surface area contributed by atoms with Gasteiger partial charge in [0, 0.05) is 25.2 Å². The summed E-state index contributed by atoms with van der Waals surface area (Å²) in [6.45, 7) is 2.76. The molecule has 20 heavy (non-hydrogen) atoms. The maximum Gasteiger partial charge on any atom is 0.251 e. The number of nitrogens with two attached hydrogens (primary N) is 1. The topological polar surface area (TPSA) is 101 Å². The van der Waals surface area contributed by atoms with Crippen LogP contribution in [0.4, 0.5) is 0 Å². The second kappa shape index (κ2) is 7.98. The van der Waals surface area contributed by atoms with E-state index in [-0.39, 0.29) is 11.7 Å². The van der Waals surface area contributed by atoms with Crippen LogP contribution in [0, 0.1) is 0 Å². The van der Waals surface area contributed by atoms with Gasteiger partial charge in [0.15, 0.2) is 0 Å². The number of carbonyl (C=O) groups is 1. The summed E-state index contributed by atoms with van der Waals surface area (Å²) in [6.07, 6.45) is 0.547. The molecule has 1 rings (SSSR count). The van der Waals surface area contributed by atoms with Crippen molar-refractivity contribution in [3.8, 4) is 0 Å². The van der Waals surface area contributed by atoms with Crippen molar-refractivity contribution >= 4 is 15.9 Å². The Balaban J connectivity index is 2.29. The molecule has 0 aromatic heterocycles. The number of hydrogen-bond donors (Lipinski definition) is 3. The molecule has 0 saturated carbocycles. The predicted molar refractivity (Wildman–Crippen MR) is 78.7 cm³/mol. The van der Waals surface area contributed by atoms with Gasteiger partial charge >= 0.3 is 0 Å². The van der Waals surface area contributed by atoms with Crippen molar-refractivity contribution < 1.29 is 13.2 Å². The number of nitrogens with one attached hydrogen (secondary N) is 2. The fraction of sp³-hybridized carbons (Fsp3) is 0.462. The molecule has 112 valence electrons. The van der Waals surface area contributed by atoms with Crippen LogP contribution >= 0.6 is 0 Å². The van der Waals surface area contributed by atoms with E-state index in [0.717, 1.165) is 5.56 Å². The third-order valence-electron chi connectivity index (χ3n) is 2.79. The molecule has 0 atom stereocenters. The minimum atomic E-state index is -3.15. The smallest absolute Gasteiger partial charge is 0.251 e. The standard InChI is InChI=1S/C13H21N3O3S/c1-2-20(18,19)16-9-3-8-15-13(17)12-6-4-11(10-14)5-7-12/h4-7,16H,2-3,8-10,14H2,1H3,(H,15,17). The van der Waals surface area contributed by atoms with E-state index in [2.05, 4.69) is 10.0 Å². The highest BCUT2D eigenvalue weighted by Gasteiger charge is 2.06. The number of carbonyl (C=O) groups excluding carboxylic acids is 1. The normalized spacial score (nSPS) is 11.3. The molecular weight excluding hydrogens is 278 g/mol. The lowest BCUT2D eigenvalue weighted by Gasteiger charge is -2.07. The van der Waals surface area contributed by atoms with E-state index in [1.807, 2.05) is 12.1 Å². The molecular formula is C13H21N3O3S. The zero-order valence-corrected chi connectivity index (χ0v) is 12.4. The Morgan fingerprint density at radius 1 is 1.20 bits per heavy atom. The van der Waals surface area contributed by atoms with Crippen molar-refractivity contribution in [2.45, 2.75) is 19.9 Å². The first-order valence-electron chi connectivity index (χ1n) is 6.53. The van der Waals surface area contributed by atoms with E-state index in [0.29, 0.717) is 31.6 Å². The molecule has 7 heteroatoms. The lowest BCUT2D eigenvalue weighted by Crippen LogP contribution is -2.30. The van der Waals surface area contributed by atoms with Gasteiger partial charge in [-0.2, -0.15) is 0 Å². The van der Waals surface area contributed by atoms with Crippen molar-refractivity contribution in [3.05, 3.63) is 35.4 Å². The summed E-state index contributed by atoms with van der Waals surface area (Å²) < 4.78 is 24.8. The second-order valence-electron chi connectivity index (χ2n) is 4.31. The SMILES string of the molecule is CCS(=O)(=O)NCCCNC(=O)c1ccc(CN)cc1. The second-order valence-corrected chi connectivity index (χ2v) is 6.40. The number of hydrogen-bond acceptors (Lipinski definition) is 4. The summed E-state index contributed by atoms with van der Waals surface area (Å²) in [7, 11) is -3.15. The molecule has 0 unspecified atom stereocenters. The fourth-order valence-corrected chi connectivity index (χ4v) is 2.17. The molecule has 0 radical (unpaired) electrons. The van der Waals surface area contributed by atoms with Crippen LogP contribution in [0.5, 0.6) is 0 Å². The summed E-state index contributed by atoms with van der Waals surface area (Å²) in [5.74, 6) is -0.112. The van der Waals surface area contributed by atoms with Crippen LogP contribution in [0.1, 0.15) is 29.3 Å². The van der Waals surface area contributed by atoms with E-state index < -0.39 is 10.0 Å². The van der Waals surface area contributed by atoms with E-state index >= 15 is 0 Å². The quantitative estimate of drug-likeness (QED) is 0.597. The molecule has 0 aliphatic rings. The van der Waals surface area contributed by atoms with Crippen LogP contribution in [0.25, 0.3) is 0 Å². The van der Waals surface area contributed by atoms with Gasteiger partial charge in [-0.1, -0.05) is 12.1 Å². The average molecular weight is 299 g/mol.